The van der Waals surface area contributed by atoms with E-state index in [1.807, 2.05) is 37.3 Å². The first kappa shape index (κ1) is 13.7. The second kappa shape index (κ2) is 6.45. The van der Waals surface area contributed by atoms with Crippen LogP contribution in [0.15, 0.2) is 36.5 Å². The van der Waals surface area contributed by atoms with E-state index in [1.54, 1.807) is 6.20 Å². The fraction of sp³-hybridized carbons (Fsp3) is 0.286. The SMILES string of the molecule is C[C@H](CCO)NC(=O)c1cnc(-c2ccccc2)s1. The van der Waals surface area contributed by atoms with Crippen molar-refractivity contribution in [3.05, 3.63) is 41.4 Å². The van der Waals surface area contributed by atoms with Crippen LogP contribution < -0.4 is 5.32 Å². The molecular formula is C14H16N2O2S. The Labute approximate surface area is 116 Å². The van der Waals surface area contributed by atoms with Gasteiger partial charge in [0.2, 0.25) is 0 Å². The Morgan fingerprint density at radius 1 is 1.42 bits per heavy atom. The van der Waals surface area contributed by atoms with Crippen LogP contribution in [0.5, 0.6) is 0 Å². The van der Waals surface area contributed by atoms with E-state index >= 15 is 0 Å². The van der Waals surface area contributed by atoms with Crippen LogP contribution in [0.1, 0.15) is 23.0 Å². The lowest BCUT2D eigenvalue weighted by molar-refractivity contribution is 0.0938. The Balaban J connectivity index is 2.07. The van der Waals surface area contributed by atoms with Gasteiger partial charge in [0.15, 0.2) is 0 Å². The van der Waals surface area contributed by atoms with Crippen LogP contribution >= 0.6 is 11.3 Å². The minimum absolute atomic E-state index is 0.0419. The lowest BCUT2D eigenvalue weighted by Crippen LogP contribution is -2.32. The van der Waals surface area contributed by atoms with Crippen LogP contribution in [-0.2, 0) is 0 Å². The molecule has 0 aliphatic carbocycles. The van der Waals surface area contributed by atoms with Gasteiger partial charge in [0.05, 0.1) is 6.20 Å². The summed E-state index contributed by atoms with van der Waals surface area (Å²) in [7, 11) is 0. The number of aliphatic hydroxyl groups excluding tert-OH is 1. The second-order valence-corrected chi connectivity index (χ2v) is 5.31. The Morgan fingerprint density at radius 2 is 2.16 bits per heavy atom. The van der Waals surface area contributed by atoms with E-state index in [0.717, 1.165) is 10.6 Å². The van der Waals surface area contributed by atoms with E-state index in [2.05, 4.69) is 10.3 Å². The molecule has 1 aromatic heterocycles. The summed E-state index contributed by atoms with van der Waals surface area (Å²) in [5.41, 5.74) is 1.01. The summed E-state index contributed by atoms with van der Waals surface area (Å²) in [5.74, 6) is -0.138. The number of aliphatic hydroxyl groups is 1. The van der Waals surface area contributed by atoms with Gasteiger partial charge in [-0.3, -0.25) is 4.79 Å². The third-order valence-corrected chi connectivity index (χ3v) is 3.74. The van der Waals surface area contributed by atoms with E-state index in [-0.39, 0.29) is 18.6 Å². The molecule has 1 aromatic carbocycles. The first-order valence-corrected chi connectivity index (χ1v) is 6.95. The van der Waals surface area contributed by atoms with Gasteiger partial charge in [0.25, 0.3) is 5.91 Å². The fourth-order valence-corrected chi connectivity index (χ4v) is 2.48. The molecule has 0 spiro atoms. The van der Waals surface area contributed by atoms with Crippen molar-refractivity contribution in [2.24, 2.45) is 0 Å². The maximum absolute atomic E-state index is 12.0. The van der Waals surface area contributed by atoms with Crippen LogP contribution in [0.25, 0.3) is 10.6 Å². The zero-order valence-corrected chi connectivity index (χ0v) is 11.5. The largest absolute Gasteiger partial charge is 0.396 e. The van der Waals surface area contributed by atoms with Gasteiger partial charge in [0.1, 0.15) is 9.88 Å². The van der Waals surface area contributed by atoms with E-state index in [4.69, 9.17) is 5.11 Å². The van der Waals surface area contributed by atoms with Gasteiger partial charge in [-0.1, -0.05) is 30.3 Å². The van der Waals surface area contributed by atoms with Crippen LogP contribution in [-0.4, -0.2) is 28.6 Å². The molecule has 2 aromatic rings. The van der Waals surface area contributed by atoms with Gasteiger partial charge in [-0.05, 0) is 13.3 Å². The van der Waals surface area contributed by atoms with Crippen molar-refractivity contribution in [1.29, 1.82) is 0 Å². The van der Waals surface area contributed by atoms with Gasteiger partial charge < -0.3 is 10.4 Å². The quantitative estimate of drug-likeness (QED) is 0.881. The number of hydrogen-bond donors (Lipinski definition) is 2. The number of nitrogens with zero attached hydrogens (tertiary/aromatic N) is 1. The molecule has 0 saturated carbocycles. The standard InChI is InChI=1S/C14H16N2O2S/c1-10(7-8-17)16-13(18)12-9-15-14(19-12)11-5-3-2-4-6-11/h2-6,9-10,17H,7-8H2,1H3,(H,16,18)/t10-/m1/s1. The molecule has 0 radical (unpaired) electrons. The number of benzene rings is 1. The Hall–Kier alpha value is -1.72. The van der Waals surface area contributed by atoms with E-state index < -0.39 is 0 Å². The summed E-state index contributed by atoms with van der Waals surface area (Å²) in [5, 5.41) is 12.5. The molecule has 0 unspecified atom stereocenters. The third-order valence-electron chi connectivity index (χ3n) is 2.69. The van der Waals surface area contributed by atoms with Crippen molar-refractivity contribution in [2.45, 2.75) is 19.4 Å². The lowest BCUT2D eigenvalue weighted by atomic mass is 10.2. The van der Waals surface area contributed by atoms with Crippen LogP contribution in [0.3, 0.4) is 0 Å². The number of carbonyl (C=O) groups excluding carboxylic acids is 1. The second-order valence-electron chi connectivity index (χ2n) is 4.28. The average molecular weight is 276 g/mol. The molecule has 2 N–H and O–H groups in total. The molecule has 0 saturated heterocycles. The molecule has 5 heteroatoms. The molecular weight excluding hydrogens is 260 g/mol. The number of nitrogens with one attached hydrogen (secondary N) is 1. The maximum Gasteiger partial charge on any atom is 0.263 e. The van der Waals surface area contributed by atoms with Crippen molar-refractivity contribution in [3.8, 4) is 10.6 Å². The van der Waals surface area contributed by atoms with Gasteiger partial charge in [-0.15, -0.1) is 11.3 Å². The zero-order chi connectivity index (χ0) is 13.7. The lowest BCUT2D eigenvalue weighted by Gasteiger charge is -2.10. The third kappa shape index (κ3) is 3.62. The maximum atomic E-state index is 12.0. The fourth-order valence-electron chi connectivity index (χ4n) is 1.65. The van der Waals surface area contributed by atoms with E-state index in [0.29, 0.717) is 11.3 Å². The first-order chi connectivity index (χ1) is 9.20. The Kier molecular flexibility index (Phi) is 4.65. The van der Waals surface area contributed by atoms with Crippen LogP contribution in [0.2, 0.25) is 0 Å². The molecule has 0 aliphatic heterocycles. The highest BCUT2D eigenvalue weighted by molar-refractivity contribution is 7.16. The minimum Gasteiger partial charge on any atom is -0.396 e. The number of amides is 1. The van der Waals surface area contributed by atoms with Crippen molar-refractivity contribution < 1.29 is 9.90 Å². The van der Waals surface area contributed by atoms with Gasteiger partial charge in [0, 0.05) is 18.2 Å². The smallest absolute Gasteiger partial charge is 0.263 e. The molecule has 0 fully saturated rings. The monoisotopic (exact) mass is 276 g/mol. The van der Waals surface area contributed by atoms with Crippen molar-refractivity contribution in [2.75, 3.05) is 6.61 Å². The molecule has 0 bridgehead atoms. The van der Waals surface area contributed by atoms with Gasteiger partial charge >= 0.3 is 0 Å². The number of hydrogen-bond acceptors (Lipinski definition) is 4. The van der Waals surface area contributed by atoms with Gasteiger partial charge in [-0.25, -0.2) is 4.98 Å². The predicted molar refractivity (Wildman–Crippen MR) is 76.2 cm³/mol. The summed E-state index contributed by atoms with van der Waals surface area (Å²) < 4.78 is 0. The zero-order valence-electron chi connectivity index (χ0n) is 10.7. The molecule has 1 amide bonds. The summed E-state index contributed by atoms with van der Waals surface area (Å²) in [6.07, 6.45) is 2.14. The summed E-state index contributed by atoms with van der Waals surface area (Å²) in [4.78, 5) is 16.8. The molecule has 100 valence electrons. The highest BCUT2D eigenvalue weighted by atomic mass is 32.1. The number of carbonyl (C=O) groups is 1. The topological polar surface area (TPSA) is 62.2 Å². The Bertz CT molecular complexity index is 539. The van der Waals surface area contributed by atoms with E-state index in [9.17, 15) is 4.79 Å². The number of thiazole rings is 1. The molecule has 1 heterocycles. The predicted octanol–water partition coefficient (Wildman–Crippen LogP) is 2.31. The van der Waals surface area contributed by atoms with Crippen molar-refractivity contribution in [1.82, 2.24) is 10.3 Å². The minimum atomic E-state index is -0.138. The van der Waals surface area contributed by atoms with Crippen molar-refractivity contribution >= 4 is 17.2 Å². The van der Waals surface area contributed by atoms with Crippen LogP contribution in [0.4, 0.5) is 0 Å². The molecule has 0 aliphatic rings. The summed E-state index contributed by atoms with van der Waals surface area (Å²) >= 11 is 1.37. The summed E-state index contributed by atoms with van der Waals surface area (Å²) in [6, 6.07) is 9.73. The molecule has 1 atom stereocenters. The first-order valence-electron chi connectivity index (χ1n) is 6.13. The Morgan fingerprint density at radius 3 is 2.84 bits per heavy atom. The molecule has 4 nitrogen and oxygen atoms in total. The van der Waals surface area contributed by atoms with Crippen LogP contribution in [0, 0.1) is 0 Å². The molecule has 19 heavy (non-hydrogen) atoms. The summed E-state index contributed by atoms with van der Waals surface area (Å²) in [6.45, 7) is 1.94. The normalized spacial score (nSPS) is 12.1. The highest BCUT2D eigenvalue weighted by Crippen LogP contribution is 2.24. The average Bonchev–Trinajstić information content (AvgIpc) is 2.89. The molecule has 2 rings (SSSR count). The van der Waals surface area contributed by atoms with E-state index in [1.165, 1.54) is 11.3 Å². The van der Waals surface area contributed by atoms with Crippen molar-refractivity contribution in [3.63, 3.8) is 0 Å². The number of rotatable bonds is 5. The highest BCUT2D eigenvalue weighted by Gasteiger charge is 2.13. The van der Waals surface area contributed by atoms with Gasteiger partial charge in [-0.2, -0.15) is 0 Å². The number of aromatic nitrogens is 1.